The van der Waals surface area contributed by atoms with E-state index in [9.17, 15) is 20.1 Å². The summed E-state index contributed by atoms with van der Waals surface area (Å²) in [6.07, 6.45) is 7.88. The summed E-state index contributed by atoms with van der Waals surface area (Å²) in [6.45, 7) is 6.82. The van der Waals surface area contributed by atoms with E-state index in [0.29, 0.717) is 49.3 Å². The number of phenols is 1. The fraction of sp³-hybridized carbons (Fsp3) is 0.548. The van der Waals surface area contributed by atoms with Crippen molar-refractivity contribution in [2.24, 2.45) is 11.8 Å². The normalized spacial score (nSPS) is 24.2. The van der Waals surface area contributed by atoms with E-state index < -0.39 is 11.7 Å². The Labute approximate surface area is 312 Å². The topological polar surface area (TPSA) is 139 Å². The lowest BCUT2D eigenvalue weighted by Gasteiger charge is -2.53. The van der Waals surface area contributed by atoms with E-state index in [1.165, 1.54) is 50.9 Å². The zero-order valence-electron chi connectivity index (χ0n) is 30.7. The van der Waals surface area contributed by atoms with Gasteiger partial charge in [0, 0.05) is 43.4 Å². The maximum Gasteiger partial charge on any atom is 0.262 e. The highest BCUT2D eigenvalue weighted by Crippen LogP contribution is 2.43. The Hall–Kier alpha value is -3.87. The van der Waals surface area contributed by atoms with Crippen LogP contribution in [0.25, 0.3) is 0 Å². The largest absolute Gasteiger partial charge is 0.508 e. The van der Waals surface area contributed by atoms with Gasteiger partial charge in [0.1, 0.15) is 41.2 Å². The van der Waals surface area contributed by atoms with Crippen molar-refractivity contribution in [3.63, 3.8) is 0 Å². The molecule has 0 spiro atoms. The Morgan fingerprint density at radius 1 is 0.943 bits per heavy atom. The van der Waals surface area contributed by atoms with Crippen LogP contribution in [0.2, 0.25) is 0 Å². The maximum absolute atomic E-state index is 12.0. The lowest BCUT2D eigenvalue weighted by atomic mass is 9.80. The van der Waals surface area contributed by atoms with Gasteiger partial charge in [0.05, 0.1) is 51.2 Å². The minimum Gasteiger partial charge on any atom is -0.508 e. The number of hydrogen-bond acceptors (Lipinski definition) is 9. The van der Waals surface area contributed by atoms with Crippen molar-refractivity contribution >= 4 is 11.6 Å². The molecule has 5 N–H and O–H groups in total. The van der Waals surface area contributed by atoms with E-state index in [-0.39, 0.29) is 36.8 Å². The number of phenolic OH excluding ortho intramolecular Hbond substituents is 1. The number of aliphatic hydroxyl groups excluding tert-OH is 1. The molecule has 1 aliphatic carbocycles. The second-order valence-electron chi connectivity index (χ2n) is 15.5. The summed E-state index contributed by atoms with van der Waals surface area (Å²) in [6, 6.07) is 20.8. The second-order valence-corrected chi connectivity index (χ2v) is 15.5. The summed E-state index contributed by atoms with van der Waals surface area (Å²) in [7, 11) is 0. The Balaban J connectivity index is 0.796. The number of carbonyl (C=O) groups is 1. The van der Waals surface area contributed by atoms with Crippen LogP contribution in [0.5, 0.6) is 23.0 Å². The number of amides is 1. The number of fused-ring (bicyclic) bond motifs is 4. The average Bonchev–Trinajstić information content (AvgIpc) is 3.74. The van der Waals surface area contributed by atoms with Gasteiger partial charge in [-0.15, -0.1) is 0 Å². The summed E-state index contributed by atoms with van der Waals surface area (Å²) < 4.78 is 25.3. The first-order valence-corrected chi connectivity index (χ1v) is 19.6. The molecule has 4 aliphatic heterocycles. The van der Waals surface area contributed by atoms with Crippen LogP contribution >= 0.6 is 0 Å². The molecule has 4 heterocycles. The first-order chi connectivity index (χ1) is 25.8. The number of carbonyl (C=O) groups excluding carboxylic acids is 1. The van der Waals surface area contributed by atoms with E-state index >= 15 is 0 Å². The molecule has 11 heteroatoms. The molecule has 2 bridgehead atoms. The van der Waals surface area contributed by atoms with Crippen LogP contribution in [-0.4, -0.2) is 97.5 Å². The van der Waals surface area contributed by atoms with Crippen LogP contribution in [0, 0.1) is 11.8 Å². The average molecular weight is 731 g/mol. The molecule has 1 unspecified atom stereocenters. The van der Waals surface area contributed by atoms with Gasteiger partial charge < -0.3 is 49.4 Å². The first-order valence-electron chi connectivity index (χ1n) is 19.6. The SMILES string of the molecule is O=C1COc2c(cc(O)cc2[C@@H](O)CNCCCOc2ccc(OCCC[N+]34CCC(CC3)[C@@H](OCC(O)(c3ccccc3)C3CCCC3)C4)cc2)N1. The Bertz CT molecular complexity index is 1640. The standard InChI is InChI=1S/C42H55N3O8/c46-33-24-36(41-37(25-33)44-40(48)28-52-41)38(47)26-43-18-6-22-50-34-12-14-35(15-13-34)51-23-7-19-45-20-16-30(17-21-45)39(27-45)53-29-42(49,32-10-4-5-11-32)31-8-2-1-3-9-31/h1-3,8-9,12-15,24-25,30,32,38-39,43,47,49H,4-7,10-11,16-23,26-29H2,(H-,44,46,48)/p+1/t30?,38-,39-,42?,45?/m0/s1. The van der Waals surface area contributed by atoms with Gasteiger partial charge in [0.2, 0.25) is 0 Å². The summed E-state index contributed by atoms with van der Waals surface area (Å²) in [5, 5.41) is 38.6. The summed E-state index contributed by atoms with van der Waals surface area (Å²) >= 11 is 0. The fourth-order valence-corrected chi connectivity index (χ4v) is 8.94. The van der Waals surface area contributed by atoms with E-state index in [4.69, 9.17) is 18.9 Å². The van der Waals surface area contributed by atoms with Gasteiger partial charge in [-0.3, -0.25) is 4.79 Å². The van der Waals surface area contributed by atoms with Crippen LogP contribution in [0.3, 0.4) is 0 Å². The number of quaternary nitrogens is 1. The minimum absolute atomic E-state index is 0.0531. The van der Waals surface area contributed by atoms with Gasteiger partial charge in [-0.05, 0) is 67.6 Å². The third-order valence-corrected chi connectivity index (χ3v) is 11.9. The van der Waals surface area contributed by atoms with Crippen molar-refractivity contribution in [1.82, 2.24) is 5.32 Å². The molecule has 3 atom stereocenters. The molecular weight excluding hydrogens is 674 g/mol. The van der Waals surface area contributed by atoms with Crippen LogP contribution < -0.4 is 24.8 Å². The van der Waals surface area contributed by atoms with E-state index in [2.05, 4.69) is 22.8 Å². The molecule has 3 aromatic carbocycles. The van der Waals surface area contributed by atoms with Crippen LogP contribution in [0.4, 0.5) is 5.69 Å². The molecule has 3 aromatic rings. The van der Waals surface area contributed by atoms with E-state index in [0.717, 1.165) is 60.3 Å². The van der Waals surface area contributed by atoms with Crippen molar-refractivity contribution in [2.45, 2.75) is 69.2 Å². The summed E-state index contributed by atoms with van der Waals surface area (Å²) in [5.41, 5.74) is 0.860. The number of aliphatic hydroxyl groups is 2. The minimum atomic E-state index is -0.916. The molecule has 1 saturated carbocycles. The highest BCUT2D eigenvalue weighted by atomic mass is 16.5. The number of piperidine rings is 3. The molecule has 0 aromatic heterocycles. The number of nitrogens with zero attached hydrogens (tertiary/aromatic N) is 1. The molecule has 5 aliphatic rings. The molecule has 4 fully saturated rings. The number of rotatable bonds is 18. The number of nitrogens with one attached hydrogen (secondary N) is 2. The number of anilines is 1. The Morgan fingerprint density at radius 3 is 2.36 bits per heavy atom. The van der Waals surface area contributed by atoms with Crippen LogP contribution in [-0.2, 0) is 15.1 Å². The van der Waals surface area contributed by atoms with Gasteiger partial charge in [-0.25, -0.2) is 0 Å². The van der Waals surface area contributed by atoms with Gasteiger partial charge in [-0.2, -0.15) is 0 Å². The number of aromatic hydroxyl groups is 1. The Kier molecular flexibility index (Phi) is 12.1. The molecule has 0 radical (unpaired) electrons. The Morgan fingerprint density at radius 2 is 1.64 bits per heavy atom. The molecule has 3 saturated heterocycles. The lowest BCUT2D eigenvalue weighted by molar-refractivity contribution is -0.946. The predicted octanol–water partition coefficient (Wildman–Crippen LogP) is 5.29. The monoisotopic (exact) mass is 730 g/mol. The smallest absolute Gasteiger partial charge is 0.262 e. The molecular formula is C42H56N3O8+. The molecule has 11 nitrogen and oxygen atoms in total. The summed E-state index contributed by atoms with van der Waals surface area (Å²) in [5.74, 6) is 2.48. The van der Waals surface area contributed by atoms with Gasteiger partial charge in [0.25, 0.3) is 5.91 Å². The van der Waals surface area contributed by atoms with Crippen molar-refractivity contribution in [3.05, 3.63) is 77.9 Å². The molecule has 53 heavy (non-hydrogen) atoms. The highest BCUT2D eigenvalue weighted by Gasteiger charge is 2.48. The maximum atomic E-state index is 12.0. The zero-order valence-corrected chi connectivity index (χ0v) is 30.7. The number of ether oxygens (including phenoxy) is 4. The third kappa shape index (κ3) is 9.09. The van der Waals surface area contributed by atoms with Crippen molar-refractivity contribution in [2.75, 3.05) is 71.0 Å². The molecule has 8 rings (SSSR count). The van der Waals surface area contributed by atoms with Crippen molar-refractivity contribution in [3.8, 4) is 23.0 Å². The number of benzene rings is 3. The van der Waals surface area contributed by atoms with Crippen LogP contribution in [0.15, 0.2) is 66.7 Å². The highest BCUT2D eigenvalue weighted by molar-refractivity contribution is 5.96. The van der Waals surface area contributed by atoms with Gasteiger partial charge in [-0.1, -0.05) is 43.2 Å². The lowest BCUT2D eigenvalue weighted by Crippen LogP contribution is -2.65. The van der Waals surface area contributed by atoms with Gasteiger partial charge >= 0.3 is 0 Å². The van der Waals surface area contributed by atoms with E-state index in [1.807, 2.05) is 42.5 Å². The van der Waals surface area contributed by atoms with Gasteiger partial charge in [0.15, 0.2) is 6.61 Å². The van der Waals surface area contributed by atoms with E-state index in [1.54, 1.807) is 0 Å². The van der Waals surface area contributed by atoms with Crippen molar-refractivity contribution < 1.29 is 43.5 Å². The molecule has 286 valence electrons. The quantitative estimate of drug-likeness (QED) is 0.0874. The number of hydrogen-bond donors (Lipinski definition) is 5. The fourth-order valence-electron chi connectivity index (χ4n) is 8.94. The predicted molar refractivity (Wildman–Crippen MR) is 201 cm³/mol. The van der Waals surface area contributed by atoms with Crippen molar-refractivity contribution in [1.29, 1.82) is 0 Å². The summed E-state index contributed by atoms with van der Waals surface area (Å²) in [4.78, 5) is 11.6. The van der Waals surface area contributed by atoms with Crippen LogP contribution in [0.1, 0.15) is 68.6 Å². The second kappa shape index (κ2) is 17.1. The molecule has 1 amide bonds. The third-order valence-electron chi connectivity index (χ3n) is 11.9. The first kappa shape index (κ1) is 37.4. The zero-order chi connectivity index (χ0) is 36.7.